The molecule has 2 amide bonds. The molecule has 0 spiro atoms. The van der Waals surface area contributed by atoms with Crippen molar-refractivity contribution in [3.8, 4) is 11.4 Å². The molecule has 2 aromatic carbocycles. The second kappa shape index (κ2) is 7.79. The number of amides is 2. The van der Waals surface area contributed by atoms with Crippen LogP contribution in [0.4, 0.5) is 5.69 Å². The predicted molar refractivity (Wildman–Crippen MR) is 110 cm³/mol. The van der Waals surface area contributed by atoms with Gasteiger partial charge in [0.2, 0.25) is 5.91 Å². The predicted octanol–water partition coefficient (Wildman–Crippen LogP) is 2.68. The lowest BCUT2D eigenvalue weighted by atomic mass is 10.1. The molecule has 1 aromatic heterocycles. The Morgan fingerprint density at radius 2 is 1.76 bits per heavy atom. The van der Waals surface area contributed by atoms with E-state index in [2.05, 4.69) is 5.10 Å². The van der Waals surface area contributed by atoms with E-state index < -0.39 is 0 Å². The van der Waals surface area contributed by atoms with Gasteiger partial charge in [0.05, 0.1) is 18.9 Å². The van der Waals surface area contributed by atoms with E-state index in [-0.39, 0.29) is 18.4 Å². The summed E-state index contributed by atoms with van der Waals surface area (Å²) >= 11 is 0. The number of aromatic nitrogens is 2. The smallest absolute Gasteiger partial charge is 0.257 e. The third kappa shape index (κ3) is 3.59. The summed E-state index contributed by atoms with van der Waals surface area (Å²) in [5, 5.41) is 4.30. The Balaban J connectivity index is 1.50. The molecule has 1 fully saturated rings. The van der Waals surface area contributed by atoms with E-state index in [1.54, 1.807) is 27.8 Å². The topological polar surface area (TPSA) is 67.7 Å². The third-order valence-electron chi connectivity index (χ3n) is 5.08. The first-order chi connectivity index (χ1) is 14.1. The van der Waals surface area contributed by atoms with Crippen LogP contribution in [0.3, 0.4) is 0 Å². The van der Waals surface area contributed by atoms with Gasteiger partial charge >= 0.3 is 0 Å². The fraction of sp³-hybridized carbons (Fsp3) is 0.227. The lowest BCUT2D eigenvalue weighted by Gasteiger charge is -2.34. The molecule has 1 aliphatic rings. The summed E-state index contributed by atoms with van der Waals surface area (Å²) in [6.45, 7) is 2.97. The van der Waals surface area contributed by atoms with E-state index >= 15 is 0 Å². The van der Waals surface area contributed by atoms with Crippen LogP contribution in [0.2, 0.25) is 0 Å². The molecule has 4 rings (SSSR count). The average molecular weight is 390 g/mol. The Kier molecular flexibility index (Phi) is 5.03. The van der Waals surface area contributed by atoms with E-state index in [0.29, 0.717) is 24.4 Å². The first-order valence-corrected chi connectivity index (χ1v) is 9.42. The molecule has 2 heterocycles. The summed E-state index contributed by atoms with van der Waals surface area (Å²) in [6.07, 6.45) is 3.19. The van der Waals surface area contributed by atoms with Crippen molar-refractivity contribution >= 4 is 17.5 Å². The highest BCUT2D eigenvalue weighted by molar-refractivity contribution is 6.01. The first kappa shape index (κ1) is 18.7. The Labute approximate surface area is 169 Å². The van der Waals surface area contributed by atoms with E-state index in [1.807, 2.05) is 55.5 Å². The van der Waals surface area contributed by atoms with Crippen LogP contribution in [0.25, 0.3) is 5.69 Å². The van der Waals surface area contributed by atoms with Gasteiger partial charge in [-0.1, -0.05) is 30.3 Å². The van der Waals surface area contributed by atoms with Crippen molar-refractivity contribution in [2.75, 3.05) is 31.6 Å². The lowest BCUT2D eigenvalue weighted by Crippen LogP contribution is -2.52. The van der Waals surface area contributed by atoms with Crippen LogP contribution < -0.4 is 9.64 Å². The van der Waals surface area contributed by atoms with Crippen molar-refractivity contribution in [1.29, 1.82) is 0 Å². The van der Waals surface area contributed by atoms with Gasteiger partial charge in [-0.3, -0.25) is 9.59 Å². The van der Waals surface area contributed by atoms with Crippen LogP contribution in [-0.4, -0.2) is 53.2 Å². The quantitative estimate of drug-likeness (QED) is 0.687. The fourth-order valence-corrected chi connectivity index (χ4v) is 3.53. The molecule has 0 radical (unpaired) electrons. The van der Waals surface area contributed by atoms with Gasteiger partial charge in [-0.05, 0) is 30.7 Å². The van der Waals surface area contributed by atoms with Gasteiger partial charge in [-0.2, -0.15) is 5.10 Å². The van der Waals surface area contributed by atoms with Crippen molar-refractivity contribution in [2.45, 2.75) is 6.92 Å². The van der Waals surface area contributed by atoms with Crippen LogP contribution in [0.15, 0.2) is 60.9 Å². The molecular weight excluding hydrogens is 368 g/mol. The number of ether oxygens (including phenoxy) is 1. The summed E-state index contributed by atoms with van der Waals surface area (Å²) in [5.74, 6) is 0.372. The zero-order chi connectivity index (χ0) is 20.4. The molecule has 0 unspecified atom stereocenters. The number of nitrogens with zero attached hydrogens (tertiary/aromatic N) is 4. The number of anilines is 1. The standard InChI is InChI=1S/C22H22N4O3/c1-16-7-3-4-8-18(16)25-12-11-24(15-21(25)27)22(28)17-13-23-26(14-17)19-9-5-6-10-20(19)29-2/h3-10,13-14H,11-12,15H2,1-2H3. The van der Waals surface area contributed by atoms with E-state index in [4.69, 9.17) is 4.74 Å². The number of piperazine rings is 1. The number of rotatable bonds is 4. The minimum absolute atomic E-state index is 0.0486. The van der Waals surface area contributed by atoms with Crippen LogP contribution >= 0.6 is 0 Å². The summed E-state index contributed by atoms with van der Waals surface area (Å²) in [5.41, 5.74) is 3.12. The Morgan fingerprint density at radius 3 is 2.48 bits per heavy atom. The van der Waals surface area contributed by atoms with Gasteiger partial charge < -0.3 is 14.5 Å². The van der Waals surface area contributed by atoms with Gasteiger partial charge in [-0.15, -0.1) is 0 Å². The lowest BCUT2D eigenvalue weighted by molar-refractivity contribution is -0.120. The minimum atomic E-state index is -0.205. The van der Waals surface area contributed by atoms with Crippen LogP contribution in [-0.2, 0) is 4.79 Å². The summed E-state index contributed by atoms with van der Waals surface area (Å²) in [7, 11) is 1.59. The molecule has 7 nitrogen and oxygen atoms in total. The molecule has 1 saturated heterocycles. The molecule has 0 aliphatic carbocycles. The molecule has 3 aromatic rings. The zero-order valence-corrected chi connectivity index (χ0v) is 16.4. The number of hydrogen-bond donors (Lipinski definition) is 0. The van der Waals surface area contributed by atoms with Crippen LogP contribution in [0, 0.1) is 6.92 Å². The Hall–Kier alpha value is -3.61. The number of benzene rings is 2. The maximum absolute atomic E-state index is 12.9. The minimum Gasteiger partial charge on any atom is -0.494 e. The van der Waals surface area contributed by atoms with E-state index in [9.17, 15) is 9.59 Å². The molecule has 0 atom stereocenters. The molecule has 29 heavy (non-hydrogen) atoms. The van der Waals surface area contributed by atoms with Crippen molar-refractivity contribution in [1.82, 2.24) is 14.7 Å². The second-order valence-electron chi connectivity index (χ2n) is 6.90. The molecule has 7 heteroatoms. The zero-order valence-electron chi connectivity index (χ0n) is 16.4. The third-order valence-corrected chi connectivity index (χ3v) is 5.08. The largest absolute Gasteiger partial charge is 0.494 e. The molecule has 0 bridgehead atoms. The van der Waals surface area contributed by atoms with E-state index in [1.165, 1.54) is 6.20 Å². The van der Waals surface area contributed by atoms with Crippen LogP contribution in [0.5, 0.6) is 5.75 Å². The van der Waals surface area contributed by atoms with Crippen LogP contribution in [0.1, 0.15) is 15.9 Å². The number of carbonyl (C=O) groups is 2. The van der Waals surface area contributed by atoms with Crippen molar-refractivity contribution < 1.29 is 14.3 Å². The molecule has 0 saturated carbocycles. The molecular formula is C22H22N4O3. The monoisotopic (exact) mass is 390 g/mol. The SMILES string of the molecule is COc1ccccc1-n1cc(C(=O)N2CCN(c3ccccc3C)C(=O)C2)cn1. The summed E-state index contributed by atoms with van der Waals surface area (Å²) < 4.78 is 6.97. The highest BCUT2D eigenvalue weighted by Crippen LogP contribution is 2.24. The second-order valence-corrected chi connectivity index (χ2v) is 6.90. The van der Waals surface area contributed by atoms with Crippen molar-refractivity contribution in [3.63, 3.8) is 0 Å². The van der Waals surface area contributed by atoms with E-state index in [0.717, 1.165) is 16.9 Å². The molecule has 1 aliphatic heterocycles. The van der Waals surface area contributed by atoms with Gasteiger partial charge in [0.15, 0.2) is 0 Å². The maximum Gasteiger partial charge on any atom is 0.257 e. The maximum atomic E-state index is 12.9. The highest BCUT2D eigenvalue weighted by atomic mass is 16.5. The highest BCUT2D eigenvalue weighted by Gasteiger charge is 2.29. The van der Waals surface area contributed by atoms with Gasteiger partial charge in [0.25, 0.3) is 5.91 Å². The number of carbonyl (C=O) groups excluding carboxylic acids is 2. The molecule has 0 N–H and O–H groups in total. The Morgan fingerprint density at radius 1 is 1.03 bits per heavy atom. The van der Waals surface area contributed by atoms with Gasteiger partial charge in [0.1, 0.15) is 18.0 Å². The number of methoxy groups -OCH3 is 1. The van der Waals surface area contributed by atoms with Gasteiger partial charge in [0, 0.05) is 25.0 Å². The summed E-state index contributed by atoms with van der Waals surface area (Å²) in [6, 6.07) is 15.2. The summed E-state index contributed by atoms with van der Waals surface area (Å²) in [4.78, 5) is 28.9. The first-order valence-electron chi connectivity index (χ1n) is 9.42. The normalized spacial score (nSPS) is 14.2. The van der Waals surface area contributed by atoms with Crippen molar-refractivity contribution in [2.24, 2.45) is 0 Å². The number of hydrogen-bond acceptors (Lipinski definition) is 4. The fourth-order valence-electron chi connectivity index (χ4n) is 3.53. The molecule has 148 valence electrons. The van der Waals surface area contributed by atoms with Gasteiger partial charge in [-0.25, -0.2) is 4.68 Å². The van der Waals surface area contributed by atoms with Crippen molar-refractivity contribution in [3.05, 3.63) is 72.1 Å². The average Bonchev–Trinajstić information content (AvgIpc) is 3.24. The number of para-hydroxylation sites is 3. The number of aryl methyl sites for hydroxylation is 1. The Bertz CT molecular complexity index is 1060.